The van der Waals surface area contributed by atoms with Gasteiger partial charge in [-0.2, -0.15) is 0 Å². The summed E-state index contributed by atoms with van der Waals surface area (Å²) in [5.74, 6) is 1.65. The van der Waals surface area contributed by atoms with Gasteiger partial charge in [-0.3, -0.25) is 0 Å². The first-order chi connectivity index (χ1) is 9.21. The largest absolute Gasteiger partial charge is 0.345 e. The van der Waals surface area contributed by atoms with Gasteiger partial charge >= 0.3 is 0 Å². The summed E-state index contributed by atoms with van der Waals surface area (Å²) in [7, 11) is 0. The average Bonchev–Trinajstić information content (AvgIpc) is 3.12. The molecule has 0 atom stereocenters. The van der Waals surface area contributed by atoms with E-state index >= 15 is 0 Å². The molecule has 98 valence electrons. The molecule has 1 heterocycles. The molecule has 0 amide bonds. The van der Waals surface area contributed by atoms with Gasteiger partial charge in [0.15, 0.2) is 0 Å². The van der Waals surface area contributed by atoms with E-state index in [4.69, 9.17) is 4.98 Å². The van der Waals surface area contributed by atoms with E-state index in [1.54, 1.807) is 5.56 Å². The van der Waals surface area contributed by atoms with E-state index in [9.17, 15) is 0 Å². The highest BCUT2D eigenvalue weighted by Crippen LogP contribution is 2.56. The number of rotatable bonds is 1. The van der Waals surface area contributed by atoms with Crippen LogP contribution in [0.2, 0.25) is 0 Å². The van der Waals surface area contributed by atoms with Crippen LogP contribution >= 0.6 is 0 Å². The number of aromatic nitrogens is 2. The zero-order valence-corrected chi connectivity index (χ0v) is 11.7. The lowest BCUT2D eigenvalue weighted by molar-refractivity contribution is 0.760. The molecule has 1 fully saturated rings. The van der Waals surface area contributed by atoms with Crippen LogP contribution in [-0.2, 0) is 18.3 Å². The molecule has 19 heavy (non-hydrogen) atoms. The Morgan fingerprint density at radius 1 is 1.16 bits per heavy atom. The highest BCUT2D eigenvalue weighted by molar-refractivity contribution is 5.50. The molecule has 2 nitrogen and oxygen atoms in total. The Balaban J connectivity index is 1.91. The first-order valence-corrected chi connectivity index (χ1v) is 7.38. The van der Waals surface area contributed by atoms with Gasteiger partial charge in [0.05, 0.1) is 5.69 Å². The number of aryl methyl sites for hydroxylation is 2. The monoisotopic (exact) mass is 252 g/mol. The van der Waals surface area contributed by atoms with Gasteiger partial charge in [0, 0.05) is 17.0 Å². The lowest BCUT2D eigenvalue weighted by Gasteiger charge is -2.16. The van der Waals surface area contributed by atoms with Crippen LogP contribution in [0, 0.1) is 0 Å². The highest BCUT2D eigenvalue weighted by atomic mass is 15.0. The average molecular weight is 252 g/mol. The van der Waals surface area contributed by atoms with Gasteiger partial charge in [0.25, 0.3) is 0 Å². The van der Waals surface area contributed by atoms with Crippen molar-refractivity contribution in [2.75, 3.05) is 0 Å². The fraction of sp³-hybridized carbons (Fsp3) is 0.471. The second-order valence-electron chi connectivity index (χ2n) is 6.34. The Morgan fingerprint density at radius 2 is 1.95 bits per heavy atom. The number of hydrogen-bond donors (Lipinski definition) is 1. The van der Waals surface area contributed by atoms with Gasteiger partial charge in [-0.15, -0.1) is 0 Å². The van der Waals surface area contributed by atoms with Gasteiger partial charge in [-0.1, -0.05) is 38.1 Å². The summed E-state index contributed by atoms with van der Waals surface area (Å²) in [5, 5.41) is 0. The molecular weight excluding hydrogens is 232 g/mol. The number of hydrogen-bond acceptors (Lipinski definition) is 1. The van der Waals surface area contributed by atoms with E-state index in [-0.39, 0.29) is 5.41 Å². The van der Waals surface area contributed by atoms with Gasteiger partial charge in [-0.25, -0.2) is 4.98 Å². The van der Waals surface area contributed by atoms with Crippen LogP contribution in [0.5, 0.6) is 0 Å². The third-order valence-electron chi connectivity index (χ3n) is 4.74. The van der Waals surface area contributed by atoms with E-state index in [2.05, 4.69) is 43.1 Å². The molecule has 0 radical (unpaired) electrons. The van der Waals surface area contributed by atoms with Crippen LogP contribution in [0.1, 0.15) is 60.9 Å². The van der Waals surface area contributed by atoms with Gasteiger partial charge in [0.1, 0.15) is 5.82 Å². The van der Waals surface area contributed by atoms with Crippen LogP contribution in [-0.4, -0.2) is 9.97 Å². The summed E-state index contributed by atoms with van der Waals surface area (Å²) >= 11 is 0. The normalized spacial score (nSPS) is 19.1. The minimum Gasteiger partial charge on any atom is -0.345 e. The number of benzene rings is 1. The van der Waals surface area contributed by atoms with Crippen molar-refractivity contribution < 1.29 is 0 Å². The lowest BCUT2D eigenvalue weighted by atomic mass is 9.89. The summed E-state index contributed by atoms with van der Waals surface area (Å²) in [5.41, 5.74) is 6.08. The summed E-state index contributed by atoms with van der Waals surface area (Å²) < 4.78 is 0. The molecule has 2 aliphatic carbocycles. The molecule has 2 aromatic rings. The number of nitrogens with one attached hydrogen (secondary N) is 1. The maximum atomic E-state index is 4.87. The topological polar surface area (TPSA) is 28.7 Å². The zero-order chi connectivity index (χ0) is 13.0. The summed E-state index contributed by atoms with van der Waals surface area (Å²) in [4.78, 5) is 8.53. The predicted octanol–water partition coefficient (Wildman–Crippen LogP) is 3.71. The van der Waals surface area contributed by atoms with Crippen molar-refractivity contribution in [2.45, 2.75) is 50.9 Å². The van der Waals surface area contributed by atoms with Crippen LogP contribution in [0.15, 0.2) is 24.3 Å². The van der Waals surface area contributed by atoms with Crippen LogP contribution in [0.25, 0.3) is 0 Å². The minimum atomic E-state index is 0.266. The third-order valence-corrected chi connectivity index (χ3v) is 4.74. The lowest BCUT2D eigenvalue weighted by Crippen LogP contribution is -2.11. The summed E-state index contributed by atoms with van der Waals surface area (Å²) in [6, 6.07) is 8.98. The van der Waals surface area contributed by atoms with E-state index < -0.39 is 0 Å². The summed E-state index contributed by atoms with van der Waals surface area (Å²) in [6.07, 6.45) is 4.76. The smallest absolute Gasteiger partial charge is 0.109 e. The SMILES string of the molecule is CC(C)c1nc2c([nH]1)C1(CC1)c1ccccc1CC2. The van der Waals surface area contributed by atoms with E-state index in [0.717, 1.165) is 18.7 Å². The molecule has 4 rings (SSSR count). The molecule has 2 heteroatoms. The Labute approximate surface area is 114 Å². The Morgan fingerprint density at radius 3 is 2.68 bits per heavy atom. The molecule has 1 spiro atoms. The van der Waals surface area contributed by atoms with Crippen molar-refractivity contribution >= 4 is 0 Å². The minimum absolute atomic E-state index is 0.266. The van der Waals surface area contributed by atoms with E-state index in [0.29, 0.717) is 5.92 Å². The van der Waals surface area contributed by atoms with Crippen LogP contribution in [0.4, 0.5) is 0 Å². The fourth-order valence-electron chi connectivity index (χ4n) is 3.52. The van der Waals surface area contributed by atoms with Crippen molar-refractivity contribution in [1.82, 2.24) is 9.97 Å². The fourth-order valence-corrected chi connectivity index (χ4v) is 3.52. The molecule has 2 aliphatic rings. The number of aromatic amines is 1. The number of imidazole rings is 1. The first-order valence-electron chi connectivity index (χ1n) is 7.38. The van der Waals surface area contributed by atoms with Gasteiger partial charge in [0.2, 0.25) is 0 Å². The number of H-pyrrole nitrogens is 1. The molecular formula is C17H20N2. The zero-order valence-electron chi connectivity index (χ0n) is 11.7. The van der Waals surface area contributed by atoms with Crippen molar-refractivity contribution in [1.29, 1.82) is 0 Å². The summed E-state index contributed by atoms with van der Waals surface area (Å²) in [6.45, 7) is 4.43. The predicted molar refractivity (Wildman–Crippen MR) is 76.5 cm³/mol. The Hall–Kier alpha value is -1.57. The molecule has 0 bridgehead atoms. The highest BCUT2D eigenvalue weighted by Gasteiger charge is 2.50. The van der Waals surface area contributed by atoms with E-state index in [1.807, 2.05) is 0 Å². The third kappa shape index (κ3) is 1.52. The maximum absolute atomic E-state index is 4.87. The molecule has 1 aromatic heterocycles. The number of fused-ring (bicyclic) bond motifs is 4. The van der Waals surface area contributed by atoms with Crippen LogP contribution in [0.3, 0.4) is 0 Å². The van der Waals surface area contributed by atoms with Crippen molar-refractivity contribution in [3.05, 3.63) is 52.6 Å². The molecule has 1 saturated carbocycles. The first kappa shape index (κ1) is 11.3. The molecule has 1 N–H and O–H groups in total. The maximum Gasteiger partial charge on any atom is 0.109 e. The Kier molecular flexibility index (Phi) is 2.21. The van der Waals surface area contributed by atoms with Crippen molar-refractivity contribution in [2.24, 2.45) is 0 Å². The van der Waals surface area contributed by atoms with Gasteiger partial charge < -0.3 is 4.98 Å². The number of nitrogens with zero attached hydrogens (tertiary/aromatic N) is 1. The van der Waals surface area contributed by atoms with E-state index in [1.165, 1.54) is 29.8 Å². The molecule has 0 saturated heterocycles. The quantitative estimate of drug-likeness (QED) is 0.823. The molecule has 0 aliphatic heterocycles. The van der Waals surface area contributed by atoms with Crippen LogP contribution < -0.4 is 0 Å². The standard InChI is InChI=1S/C17H20N2/c1-11(2)16-18-14-8-7-12-5-3-4-6-13(12)17(9-10-17)15(14)19-16/h3-6,11H,7-10H2,1-2H3,(H,18,19). The van der Waals surface area contributed by atoms with Gasteiger partial charge in [-0.05, 0) is 36.8 Å². The second-order valence-corrected chi connectivity index (χ2v) is 6.34. The van der Waals surface area contributed by atoms with Crippen molar-refractivity contribution in [3.8, 4) is 0 Å². The Bertz CT molecular complexity index is 632. The second kappa shape index (κ2) is 3.72. The molecule has 0 unspecified atom stereocenters. The molecule has 1 aromatic carbocycles. The van der Waals surface area contributed by atoms with Crippen molar-refractivity contribution in [3.63, 3.8) is 0 Å².